The fourth-order valence-electron chi connectivity index (χ4n) is 2.25. The quantitative estimate of drug-likeness (QED) is 0.855. The molecule has 84 valence electrons. The van der Waals surface area contributed by atoms with Gasteiger partial charge in [-0.3, -0.25) is 0 Å². The normalized spacial score (nSPS) is 26.5. The van der Waals surface area contributed by atoms with Crippen LogP contribution in [0.4, 0.5) is 5.13 Å². The average molecular weight is 225 g/mol. The zero-order chi connectivity index (χ0) is 10.5. The summed E-state index contributed by atoms with van der Waals surface area (Å²) in [6.07, 6.45) is 6.96. The van der Waals surface area contributed by atoms with Gasteiger partial charge in [-0.05, 0) is 18.3 Å². The van der Waals surface area contributed by atoms with E-state index in [0.29, 0.717) is 0 Å². The van der Waals surface area contributed by atoms with Crippen molar-refractivity contribution in [3.8, 4) is 0 Å². The maximum absolute atomic E-state index is 3.97. The van der Waals surface area contributed by atoms with E-state index in [-0.39, 0.29) is 0 Å². The van der Waals surface area contributed by atoms with Gasteiger partial charge in [0, 0.05) is 6.54 Å². The Morgan fingerprint density at radius 1 is 1.40 bits per heavy atom. The van der Waals surface area contributed by atoms with Crippen molar-refractivity contribution in [1.29, 1.82) is 0 Å². The lowest BCUT2D eigenvalue weighted by Gasteiger charge is -2.25. The minimum absolute atomic E-state index is 0.932. The first kappa shape index (κ1) is 10.9. The van der Waals surface area contributed by atoms with Gasteiger partial charge in [-0.25, -0.2) is 0 Å². The molecule has 3 nitrogen and oxygen atoms in total. The van der Waals surface area contributed by atoms with Crippen molar-refractivity contribution in [1.82, 2.24) is 10.2 Å². The van der Waals surface area contributed by atoms with Crippen LogP contribution in [0.2, 0.25) is 0 Å². The Morgan fingerprint density at radius 3 is 2.87 bits per heavy atom. The molecule has 1 heterocycles. The fraction of sp³-hybridized carbons (Fsp3) is 0.818. The molecule has 0 unspecified atom stereocenters. The van der Waals surface area contributed by atoms with Gasteiger partial charge >= 0.3 is 0 Å². The molecule has 0 amide bonds. The predicted octanol–water partition coefficient (Wildman–Crippen LogP) is 3.17. The third-order valence-electron chi connectivity index (χ3n) is 3.32. The maximum Gasteiger partial charge on any atom is 0.205 e. The van der Waals surface area contributed by atoms with E-state index in [1.54, 1.807) is 16.8 Å². The van der Waals surface area contributed by atoms with Gasteiger partial charge in [0.1, 0.15) is 5.51 Å². The minimum Gasteiger partial charge on any atom is -0.360 e. The average Bonchev–Trinajstić information content (AvgIpc) is 2.74. The molecule has 1 aliphatic rings. The van der Waals surface area contributed by atoms with Crippen molar-refractivity contribution < 1.29 is 0 Å². The Labute approximate surface area is 95.3 Å². The molecule has 0 bridgehead atoms. The van der Waals surface area contributed by atoms with Gasteiger partial charge in [0.05, 0.1) is 0 Å². The van der Waals surface area contributed by atoms with E-state index in [1.807, 2.05) is 0 Å². The highest BCUT2D eigenvalue weighted by Gasteiger charge is 2.17. The standard InChI is InChI=1S/C11H19N3S/c1-9-2-4-10(5-3-9)6-7-12-11-14-13-8-15-11/h8-10H,2-7H2,1H3,(H,12,14). The Balaban J connectivity index is 1.62. The number of nitrogens with one attached hydrogen (secondary N) is 1. The molecule has 2 rings (SSSR count). The molecule has 1 aromatic rings. The third-order valence-corrected chi connectivity index (χ3v) is 3.97. The lowest BCUT2D eigenvalue weighted by atomic mass is 9.81. The summed E-state index contributed by atoms with van der Waals surface area (Å²) in [5.41, 5.74) is 1.77. The van der Waals surface area contributed by atoms with Gasteiger partial charge in [0.15, 0.2) is 0 Å². The summed E-state index contributed by atoms with van der Waals surface area (Å²) in [4.78, 5) is 0. The number of aromatic nitrogens is 2. The fourth-order valence-corrected chi connectivity index (χ4v) is 2.72. The molecule has 0 saturated heterocycles. The second kappa shape index (κ2) is 5.45. The summed E-state index contributed by atoms with van der Waals surface area (Å²) in [7, 11) is 0. The zero-order valence-corrected chi connectivity index (χ0v) is 10.1. The molecule has 0 spiro atoms. The Morgan fingerprint density at radius 2 is 2.20 bits per heavy atom. The van der Waals surface area contributed by atoms with Gasteiger partial charge in [0.2, 0.25) is 5.13 Å². The van der Waals surface area contributed by atoms with Crippen molar-refractivity contribution >= 4 is 16.5 Å². The van der Waals surface area contributed by atoms with Crippen LogP contribution in [0, 0.1) is 11.8 Å². The van der Waals surface area contributed by atoms with Gasteiger partial charge in [-0.1, -0.05) is 43.9 Å². The second-order valence-electron chi connectivity index (χ2n) is 4.59. The largest absolute Gasteiger partial charge is 0.360 e. The molecular weight excluding hydrogens is 206 g/mol. The van der Waals surface area contributed by atoms with Crippen molar-refractivity contribution in [2.75, 3.05) is 11.9 Å². The molecule has 1 aliphatic carbocycles. The van der Waals surface area contributed by atoms with E-state index in [2.05, 4.69) is 22.4 Å². The van der Waals surface area contributed by atoms with Gasteiger partial charge < -0.3 is 5.32 Å². The molecule has 1 fully saturated rings. The van der Waals surface area contributed by atoms with Gasteiger partial charge in [-0.2, -0.15) is 0 Å². The van der Waals surface area contributed by atoms with Crippen LogP contribution in [-0.4, -0.2) is 16.7 Å². The summed E-state index contributed by atoms with van der Waals surface area (Å²) < 4.78 is 0. The number of anilines is 1. The molecule has 1 aromatic heterocycles. The minimum atomic E-state index is 0.932. The number of rotatable bonds is 4. The van der Waals surface area contributed by atoms with Crippen molar-refractivity contribution in [2.24, 2.45) is 11.8 Å². The molecule has 0 aromatic carbocycles. The Kier molecular flexibility index (Phi) is 3.94. The van der Waals surface area contributed by atoms with E-state index < -0.39 is 0 Å². The first-order valence-electron chi connectivity index (χ1n) is 5.84. The van der Waals surface area contributed by atoms with Crippen LogP contribution in [-0.2, 0) is 0 Å². The molecule has 0 aliphatic heterocycles. The van der Waals surface area contributed by atoms with E-state index >= 15 is 0 Å². The summed E-state index contributed by atoms with van der Waals surface area (Å²) in [6.45, 7) is 3.42. The molecule has 4 heteroatoms. The van der Waals surface area contributed by atoms with Crippen LogP contribution < -0.4 is 5.32 Å². The zero-order valence-electron chi connectivity index (χ0n) is 9.28. The highest BCUT2D eigenvalue weighted by Crippen LogP contribution is 2.30. The first-order chi connectivity index (χ1) is 7.34. The summed E-state index contributed by atoms with van der Waals surface area (Å²) in [5, 5.41) is 12.1. The first-order valence-corrected chi connectivity index (χ1v) is 6.72. The van der Waals surface area contributed by atoms with E-state index in [1.165, 1.54) is 32.1 Å². The molecule has 1 saturated carbocycles. The van der Waals surface area contributed by atoms with Crippen molar-refractivity contribution in [2.45, 2.75) is 39.0 Å². The molecule has 15 heavy (non-hydrogen) atoms. The van der Waals surface area contributed by atoms with Crippen LogP contribution >= 0.6 is 11.3 Å². The molecule has 1 N–H and O–H groups in total. The molecular formula is C11H19N3S. The van der Waals surface area contributed by atoms with Crippen molar-refractivity contribution in [3.63, 3.8) is 0 Å². The van der Waals surface area contributed by atoms with Gasteiger partial charge in [0.25, 0.3) is 0 Å². The maximum atomic E-state index is 3.97. The highest BCUT2D eigenvalue weighted by molar-refractivity contribution is 7.13. The van der Waals surface area contributed by atoms with E-state index in [4.69, 9.17) is 0 Å². The van der Waals surface area contributed by atoms with Crippen LogP contribution in [0.25, 0.3) is 0 Å². The summed E-state index contributed by atoms with van der Waals surface area (Å²) in [6, 6.07) is 0. The monoisotopic (exact) mass is 225 g/mol. The van der Waals surface area contributed by atoms with Crippen LogP contribution in [0.15, 0.2) is 5.51 Å². The SMILES string of the molecule is CC1CCC(CCNc2nncs2)CC1. The topological polar surface area (TPSA) is 37.8 Å². The third kappa shape index (κ3) is 3.45. The summed E-state index contributed by atoms with van der Waals surface area (Å²) in [5.74, 6) is 1.89. The van der Waals surface area contributed by atoms with E-state index in [9.17, 15) is 0 Å². The highest BCUT2D eigenvalue weighted by atomic mass is 32.1. The Hall–Kier alpha value is -0.640. The van der Waals surface area contributed by atoms with E-state index in [0.717, 1.165) is 23.5 Å². The van der Waals surface area contributed by atoms with Crippen LogP contribution in [0.3, 0.4) is 0 Å². The van der Waals surface area contributed by atoms with Crippen LogP contribution in [0.1, 0.15) is 39.0 Å². The number of nitrogens with zero attached hydrogens (tertiary/aromatic N) is 2. The van der Waals surface area contributed by atoms with Crippen molar-refractivity contribution in [3.05, 3.63) is 5.51 Å². The number of hydrogen-bond acceptors (Lipinski definition) is 4. The predicted molar refractivity (Wildman–Crippen MR) is 64.1 cm³/mol. The smallest absolute Gasteiger partial charge is 0.205 e. The summed E-state index contributed by atoms with van der Waals surface area (Å²) >= 11 is 1.58. The lowest BCUT2D eigenvalue weighted by molar-refractivity contribution is 0.282. The second-order valence-corrected chi connectivity index (χ2v) is 5.42. The van der Waals surface area contributed by atoms with Crippen LogP contribution in [0.5, 0.6) is 0 Å². The molecule has 0 atom stereocenters. The lowest BCUT2D eigenvalue weighted by Crippen LogP contribution is -2.15. The Bertz CT molecular complexity index is 265. The number of hydrogen-bond donors (Lipinski definition) is 1. The molecule has 0 radical (unpaired) electrons. The van der Waals surface area contributed by atoms with Gasteiger partial charge in [-0.15, -0.1) is 10.2 Å².